The number of epoxide rings is 1. The van der Waals surface area contributed by atoms with Gasteiger partial charge in [-0.15, -0.1) is 0 Å². The molecule has 1 aliphatic rings. The van der Waals surface area contributed by atoms with E-state index in [1.165, 1.54) is 19.2 Å². The minimum atomic E-state index is -0.258. The van der Waals surface area contributed by atoms with Gasteiger partial charge in [-0.1, -0.05) is 0 Å². The Bertz CT molecular complexity index is 772. The average molecular weight is 290 g/mol. The van der Waals surface area contributed by atoms with Crippen LogP contribution in [0.2, 0.25) is 0 Å². The highest BCUT2D eigenvalue weighted by Crippen LogP contribution is 2.42. The van der Waals surface area contributed by atoms with E-state index in [2.05, 4.69) is 0 Å². The lowest BCUT2D eigenvalue weighted by atomic mass is 9.99. The Balaban J connectivity index is 2.25. The summed E-state index contributed by atoms with van der Waals surface area (Å²) in [5, 5.41) is 10.3. The summed E-state index contributed by atoms with van der Waals surface area (Å²) in [5.41, 5.74) is 0.690. The smallest absolute Gasteiger partial charge is 0.196 e. The zero-order valence-electron chi connectivity index (χ0n) is 12.5. The van der Waals surface area contributed by atoms with Crippen molar-refractivity contribution in [3.8, 4) is 11.5 Å². The van der Waals surface area contributed by atoms with Crippen LogP contribution < -0.4 is 10.2 Å². The standard InChI is InChI=1S/C16H18O5/c1-8-5-10(17)14-11(18)7-12(19-4)9(15(14)20-8)6-13-16(2,3)21-13/h5,7,13,18H,6H2,1-4H3/t13-/m0/s1. The summed E-state index contributed by atoms with van der Waals surface area (Å²) in [5.74, 6) is 0.868. The van der Waals surface area contributed by atoms with Crippen molar-refractivity contribution in [2.45, 2.75) is 38.9 Å². The van der Waals surface area contributed by atoms with Gasteiger partial charge in [0, 0.05) is 24.1 Å². The van der Waals surface area contributed by atoms with Crippen LogP contribution in [0.4, 0.5) is 0 Å². The highest BCUT2D eigenvalue weighted by Gasteiger charge is 2.48. The van der Waals surface area contributed by atoms with Gasteiger partial charge in [0.2, 0.25) is 0 Å². The van der Waals surface area contributed by atoms with Crippen molar-refractivity contribution in [2.24, 2.45) is 0 Å². The average Bonchev–Trinajstić information content (AvgIpc) is 2.98. The third kappa shape index (κ3) is 2.27. The van der Waals surface area contributed by atoms with Crippen LogP contribution in [0.3, 0.4) is 0 Å². The Hall–Kier alpha value is -2.01. The number of aromatic hydroxyl groups is 1. The number of phenols is 1. The first-order chi connectivity index (χ1) is 9.83. The summed E-state index contributed by atoms with van der Waals surface area (Å²) >= 11 is 0. The van der Waals surface area contributed by atoms with E-state index in [1.807, 2.05) is 13.8 Å². The fourth-order valence-electron chi connectivity index (χ4n) is 2.64. The fourth-order valence-corrected chi connectivity index (χ4v) is 2.64. The molecule has 2 aromatic rings. The van der Waals surface area contributed by atoms with Crippen molar-refractivity contribution in [3.05, 3.63) is 33.7 Å². The first-order valence-electron chi connectivity index (χ1n) is 6.84. The summed E-state index contributed by atoms with van der Waals surface area (Å²) in [4.78, 5) is 12.1. The van der Waals surface area contributed by atoms with Crippen molar-refractivity contribution >= 4 is 11.0 Å². The predicted molar refractivity (Wildman–Crippen MR) is 78.1 cm³/mol. The van der Waals surface area contributed by atoms with Crippen LogP contribution in [0.5, 0.6) is 11.5 Å². The maximum atomic E-state index is 12.1. The molecule has 2 heterocycles. The van der Waals surface area contributed by atoms with Gasteiger partial charge in [-0.2, -0.15) is 0 Å². The molecule has 0 bridgehead atoms. The summed E-state index contributed by atoms with van der Waals surface area (Å²) in [6.07, 6.45) is 0.615. The number of rotatable bonds is 3. The number of aryl methyl sites for hydroxylation is 1. The number of ether oxygens (including phenoxy) is 2. The van der Waals surface area contributed by atoms with Crippen molar-refractivity contribution in [1.29, 1.82) is 0 Å². The minimum absolute atomic E-state index is 0.0463. The molecule has 0 saturated carbocycles. The number of hydrogen-bond acceptors (Lipinski definition) is 5. The van der Waals surface area contributed by atoms with E-state index >= 15 is 0 Å². The van der Waals surface area contributed by atoms with Crippen molar-refractivity contribution in [2.75, 3.05) is 7.11 Å². The van der Waals surface area contributed by atoms with E-state index < -0.39 is 0 Å². The second-order valence-electron chi connectivity index (χ2n) is 5.92. The molecule has 0 aliphatic carbocycles. The molecule has 0 radical (unpaired) electrons. The van der Waals surface area contributed by atoms with Gasteiger partial charge in [0.25, 0.3) is 0 Å². The lowest BCUT2D eigenvalue weighted by Crippen LogP contribution is -2.09. The number of fused-ring (bicyclic) bond motifs is 1. The molecule has 5 nitrogen and oxygen atoms in total. The molecule has 0 unspecified atom stereocenters. The van der Waals surface area contributed by atoms with Gasteiger partial charge in [0.15, 0.2) is 5.43 Å². The van der Waals surface area contributed by atoms with Gasteiger partial charge in [-0.05, 0) is 20.8 Å². The number of phenolic OH excluding ortho intramolecular Hbond substituents is 1. The van der Waals surface area contributed by atoms with Crippen LogP contribution in [0.15, 0.2) is 21.3 Å². The van der Waals surface area contributed by atoms with E-state index in [0.717, 1.165) is 5.56 Å². The Morgan fingerprint density at radius 2 is 2.05 bits per heavy atom. The van der Waals surface area contributed by atoms with E-state index in [1.54, 1.807) is 6.92 Å². The molecule has 21 heavy (non-hydrogen) atoms. The van der Waals surface area contributed by atoms with Gasteiger partial charge in [0.05, 0.1) is 18.8 Å². The molecule has 112 valence electrons. The second-order valence-corrected chi connectivity index (χ2v) is 5.92. The monoisotopic (exact) mass is 290 g/mol. The maximum Gasteiger partial charge on any atom is 0.196 e. The highest BCUT2D eigenvalue weighted by molar-refractivity contribution is 5.88. The molecule has 0 amide bonds. The Morgan fingerprint density at radius 3 is 2.62 bits per heavy atom. The van der Waals surface area contributed by atoms with Crippen molar-refractivity contribution < 1.29 is 19.0 Å². The second kappa shape index (κ2) is 4.49. The zero-order chi connectivity index (χ0) is 15.4. The molecular formula is C16H18O5. The Kier molecular flexibility index (Phi) is 2.99. The van der Waals surface area contributed by atoms with E-state index in [9.17, 15) is 9.90 Å². The number of methoxy groups -OCH3 is 1. The van der Waals surface area contributed by atoms with Gasteiger partial charge < -0.3 is 19.0 Å². The third-order valence-electron chi connectivity index (χ3n) is 3.94. The third-order valence-corrected chi connectivity index (χ3v) is 3.94. The van der Waals surface area contributed by atoms with Gasteiger partial charge in [-0.25, -0.2) is 0 Å². The van der Waals surface area contributed by atoms with Crippen LogP contribution >= 0.6 is 0 Å². The normalized spacial score (nSPS) is 19.7. The van der Waals surface area contributed by atoms with E-state index in [0.29, 0.717) is 23.5 Å². The van der Waals surface area contributed by atoms with Crippen LogP contribution in [0, 0.1) is 6.92 Å². The summed E-state index contributed by atoms with van der Waals surface area (Å²) < 4.78 is 16.6. The van der Waals surface area contributed by atoms with Crippen LogP contribution in [0.25, 0.3) is 11.0 Å². The Morgan fingerprint density at radius 1 is 1.38 bits per heavy atom. The first-order valence-corrected chi connectivity index (χ1v) is 6.84. The SMILES string of the molecule is COc1cc(O)c2c(=O)cc(C)oc2c1C[C@@H]1OC1(C)C. The molecule has 1 fully saturated rings. The summed E-state index contributed by atoms with van der Waals surface area (Å²) in [7, 11) is 1.52. The minimum Gasteiger partial charge on any atom is -0.507 e. The molecule has 1 saturated heterocycles. The number of hydrogen-bond donors (Lipinski definition) is 1. The van der Waals surface area contributed by atoms with Crippen LogP contribution in [0.1, 0.15) is 25.2 Å². The molecule has 3 rings (SSSR count). The van der Waals surface area contributed by atoms with Gasteiger partial charge in [0.1, 0.15) is 28.2 Å². The van der Waals surface area contributed by atoms with E-state index in [-0.39, 0.29) is 28.3 Å². The molecule has 5 heteroatoms. The lowest BCUT2D eigenvalue weighted by Gasteiger charge is -2.12. The molecule has 1 aromatic heterocycles. The topological polar surface area (TPSA) is 72.2 Å². The highest BCUT2D eigenvalue weighted by atomic mass is 16.6. The van der Waals surface area contributed by atoms with Gasteiger partial charge >= 0.3 is 0 Å². The maximum absolute atomic E-state index is 12.1. The molecular weight excluding hydrogens is 272 g/mol. The van der Waals surface area contributed by atoms with Crippen molar-refractivity contribution in [3.63, 3.8) is 0 Å². The molecule has 1 aromatic carbocycles. The van der Waals surface area contributed by atoms with Gasteiger partial charge in [-0.3, -0.25) is 4.79 Å². The first kappa shape index (κ1) is 13.9. The fraction of sp³-hybridized carbons (Fsp3) is 0.438. The lowest BCUT2D eigenvalue weighted by molar-refractivity contribution is 0.322. The zero-order valence-corrected chi connectivity index (χ0v) is 12.5. The van der Waals surface area contributed by atoms with Crippen LogP contribution in [-0.4, -0.2) is 23.9 Å². The molecule has 0 spiro atoms. The molecule has 1 atom stereocenters. The molecule has 1 N–H and O–H groups in total. The summed E-state index contributed by atoms with van der Waals surface area (Å²) in [6.45, 7) is 5.72. The number of benzene rings is 1. The summed E-state index contributed by atoms with van der Waals surface area (Å²) in [6, 6.07) is 2.83. The molecule has 1 aliphatic heterocycles. The van der Waals surface area contributed by atoms with Crippen molar-refractivity contribution in [1.82, 2.24) is 0 Å². The van der Waals surface area contributed by atoms with Crippen LogP contribution in [-0.2, 0) is 11.2 Å². The quantitative estimate of drug-likeness (QED) is 0.879. The predicted octanol–water partition coefficient (Wildman–Crippen LogP) is 2.54. The van der Waals surface area contributed by atoms with E-state index in [4.69, 9.17) is 13.9 Å². The Labute approximate surface area is 122 Å². The largest absolute Gasteiger partial charge is 0.507 e.